The lowest BCUT2D eigenvalue weighted by Gasteiger charge is -2.16. The molecule has 0 spiro atoms. The molecular weight excluding hydrogens is 426 g/mol. The molecule has 0 bridgehead atoms. The Bertz CT molecular complexity index is 1200. The van der Waals surface area contributed by atoms with E-state index in [2.05, 4.69) is 10.6 Å². The minimum atomic E-state index is -3.57. The summed E-state index contributed by atoms with van der Waals surface area (Å²) in [5, 5.41) is 6.10. The molecule has 3 aromatic carbocycles. The van der Waals surface area contributed by atoms with Gasteiger partial charge in [0, 0.05) is 30.0 Å². The average Bonchev–Trinajstić information content (AvgIpc) is 3.37. The number of hydrogen-bond donors (Lipinski definition) is 2. The first-order valence-electron chi connectivity index (χ1n) is 10.4. The number of para-hydroxylation sites is 2. The van der Waals surface area contributed by atoms with E-state index in [0.29, 0.717) is 24.3 Å². The Hall–Kier alpha value is -3.36. The maximum Gasteiger partial charge on any atom is 0.255 e. The molecule has 0 unspecified atom stereocenters. The Labute approximate surface area is 188 Å². The lowest BCUT2D eigenvalue weighted by atomic mass is 10.2. The van der Waals surface area contributed by atoms with E-state index < -0.39 is 10.0 Å². The number of nitrogens with one attached hydrogen (secondary N) is 2. The molecule has 1 heterocycles. The topological polar surface area (TPSA) is 87.7 Å². The van der Waals surface area contributed by atoms with Crippen LogP contribution in [0.1, 0.15) is 23.2 Å². The Morgan fingerprint density at radius 1 is 0.906 bits per heavy atom. The Morgan fingerprint density at radius 3 is 2.31 bits per heavy atom. The van der Waals surface area contributed by atoms with Crippen molar-refractivity contribution >= 4 is 33.0 Å². The van der Waals surface area contributed by atoms with Crippen molar-refractivity contribution in [1.82, 2.24) is 4.31 Å². The second kappa shape index (κ2) is 9.42. The van der Waals surface area contributed by atoms with Gasteiger partial charge in [-0.3, -0.25) is 4.79 Å². The van der Waals surface area contributed by atoms with Gasteiger partial charge in [-0.25, -0.2) is 8.42 Å². The summed E-state index contributed by atoms with van der Waals surface area (Å²) in [6, 6.07) is 21.0. The first kappa shape index (κ1) is 21.9. The zero-order valence-electron chi connectivity index (χ0n) is 17.7. The summed E-state index contributed by atoms with van der Waals surface area (Å²) in [6.07, 6.45) is 1.72. The van der Waals surface area contributed by atoms with Gasteiger partial charge in [-0.05, 0) is 67.4 Å². The molecular formula is C24H25N3O4S. The van der Waals surface area contributed by atoms with E-state index in [0.717, 1.165) is 30.0 Å². The van der Waals surface area contributed by atoms with Gasteiger partial charge in [-0.1, -0.05) is 18.2 Å². The molecule has 1 fully saturated rings. The first-order chi connectivity index (χ1) is 15.5. The lowest BCUT2D eigenvalue weighted by molar-refractivity contribution is 0.102. The third-order valence-corrected chi connectivity index (χ3v) is 7.22. The summed E-state index contributed by atoms with van der Waals surface area (Å²) in [6.45, 7) is 1.04. The van der Waals surface area contributed by atoms with Crippen molar-refractivity contribution in [1.29, 1.82) is 0 Å². The summed E-state index contributed by atoms with van der Waals surface area (Å²) in [7, 11) is -1.96. The molecule has 1 amide bonds. The average molecular weight is 452 g/mol. The zero-order chi connectivity index (χ0) is 22.6. The van der Waals surface area contributed by atoms with Crippen LogP contribution in [0.4, 0.5) is 17.1 Å². The highest BCUT2D eigenvalue weighted by atomic mass is 32.2. The Morgan fingerprint density at radius 2 is 1.59 bits per heavy atom. The van der Waals surface area contributed by atoms with Crippen molar-refractivity contribution < 1.29 is 17.9 Å². The van der Waals surface area contributed by atoms with Crippen LogP contribution in [0.5, 0.6) is 5.75 Å². The molecule has 1 saturated heterocycles. The normalized spacial score (nSPS) is 14.2. The first-order valence-corrected chi connectivity index (χ1v) is 11.8. The predicted molar refractivity (Wildman–Crippen MR) is 125 cm³/mol. The number of rotatable bonds is 7. The van der Waals surface area contributed by atoms with Crippen molar-refractivity contribution in [3.63, 3.8) is 0 Å². The molecule has 166 valence electrons. The second-order valence-corrected chi connectivity index (χ2v) is 9.43. The molecule has 8 heteroatoms. The predicted octanol–water partition coefficient (Wildman–Crippen LogP) is 4.48. The fourth-order valence-corrected chi connectivity index (χ4v) is 5.18. The molecule has 0 radical (unpaired) electrons. The highest BCUT2D eigenvalue weighted by molar-refractivity contribution is 7.89. The van der Waals surface area contributed by atoms with E-state index in [4.69, 9.17) is 4.74 Å². The van der Waals surface area contributed by atoms with Gasteiger partial charge in [0.2, 0.25) is 10.0 Å². The molecule has 1 aliphatic rings. The van der Waals surface area contributed by atoms with Crippen LogP contribution in [-0.2, 0) is 10.0 Å². The van der Waals surface area contributed by atoms with E-state index in [1.807, 2.05) is 36.4 Å². The van der Waals surface area contributed by atoms with Gasteiger partial charge < -0.3 is 15.4 Å². The number of amides is 1. The molecule has 1 aliphatic heterocycles. The van der Waals surface area contributed by atoms with Crippen LogP contribution in [0, 0.1) is 0 Å². The number of carbonyl (C=O) groups excluding carboxylic acids is 1. The third kappa shape index (κ3) is 4.76. The second-order valence-electron chi connectivity index (χ2n) is 7.50. The highest BCUT2D eigenvalue weighted by Gasteiger charge is 2.27. The number of nitrogens with zero attached hydrogens (tertiary/aromatic N) is 1. The summed E-state index contributed by atoms with van der Waals surface area (Å²) in [5.41, 5.74) is 2.57. The summed E-state index contributed by atoms with van der Waals surface area (Å²) in [4.78, 5) is 12.9. The smallest absolute Gasteiger partial charge is 0.255 e. The van der Waals surface area contributed by atoms with E-state index in [1.54, 1.807) is 31.4 Å². The van der Waals surface area contributed by atoms with Gasteiger partial charge in [-0.2, -0.15) is 4.31 Å². The number of ether oxygens (including phenoxy) is 1. The number of benzene rings is 3. The van der Waals surface area contributed by atoms with Gasteiger partial charge in [0.1, 0.15) is 5.75 Å². The van der Waals surface area contributed by atoms with Crippen molar-refractivity contribution in [2.24, 2.45) is 0 Å². The lowest BCUT2D eigenvalue weighted by Crippen LogP contribution is -2.28. The Kier molecular flexibility index (Phi) is 6.43. The molecule has 0 saturated carbocycles. The van der Waals surface area contributed by atoms with E-state index in [1.165, 1.54) is 16.4 Å². The van der Waals surface area contributed by atoms with Crippen molar-refractivity contribution in [2.75, 3.05) is 30.8 Å². The number of carbonyl (C=O) groups is 1. The van der Waals surface area contributed by atoms with Crippen LogP contribution in [0.25, 0.3) is 0 Å². The molecule has 0 aromatic heterocycles. The maximum absolute atomic E-state index is 12.8. The van der Waals surface area contributed by atoms with Crippen molar-refractivity contribution in [2.45, 2.75) is 17.7 Å². The van der Waals surface area contributed by atoms with Gasteiger partial charge in [0.05, 0.1) is 17.7 Å². The van der Waals surface area contributed by atoms with Crippen LogP contribution in [0.3, 0.4) is 0 Å². The van der Waals surface area contributed by atoms with Gasteiger partial charge >= 0.3 is 0 Å². The number of hydrogen-bond acceptors (Lipinski definition) is 5. The fourth-order valence-electron chi connectivity index (χ4n) is 3.62. The molecule has 2 N–H and O–H groups in total. The summed E-state index contributed by atoms with van der Waals surface area (Å²) >= 11 is 0. The molecule has 7 nitrogen and oxygen atoms in total. The fraction of sp³-hybridized carbons (Fsp3) is 0.208. The monoisotopic (exact) mass is 451 g/mol. The molecule has 4 rings (SSSR count). The third-order valence-electron chi connectivity index (χ3n) is 5.33. The van der Waals surface area contributed by atoms with E-state index in [9.17, 15) is 13.2 Å². The van der Waals surface area contributed by atoms with Crippen LogP contribution < -0.4 is 15.4 Å². The van der Waals surface area contributed by atoms with Crippen molar-refractivity contribution in [3.05, 3.63) is 78.4 Å². The number of sulfonamides is 1. The van der Waals surface area contributed by atoms with E-state index in [-0.39, 0.29) is 10.8 Å². The minimum Gasteiger partial charge on any atom is -0.495 e. The SMILES string of the molecule is COc1ccccc1Nc1ccc(NC(=O)c2cccc(S(=O)(=O)N3CCCC3)c2)cc1. The zero-order valence-corrected chi connectivity index (χ0v) is 18.6. The quantitative estimate of drug-likeness (QED) is 0.553. The van der Waals surface area contributed by atoms with Gasteiger partial charge in [0.15, 0.2) is 0 Å². The van der Waals surface area contributed by atoms with E-state index >= 15 is 0 Å². The summed E-state index contributed by atoms with van der Waals surface area (Å²) < 4.78 is 32.4. The minimum absolute atomic E-state index is 0.142. The molecule has 3 aromatic rings. The summed E-state index contributed by atoms with van der Waals surface area (Å²) in [5.74, 6) is 0.363. The van der Waals surface area contributed by atoms with Gasteiger partial charge in [-0.15, -0.1) is 0 Å². The van der Waals surface area contributed by atoms with Gasteiger partial charge in [0.25, 0.3) is 5.91 Å². The van der Waals surface area contributed by atoms with Crippen LogP contribution in [-0.4, -0.2) is 38.8 Å². The van der Waals surface area contributed by atoms with Crippen LogP contribution in [0.15, 0.2) is 77.7 Å². The molecule has 32 heavy (non-hydrogen) atoms. The maximum atomic E-state index is 12.8. The highest BCUT2D eigenvalue weighted by Crippen LogP contribution is 2.28. The van der Waals surface area contributed by atoms with Crippen LogP contribution in [0.2, 0.25) is 0 Å². The number of anilines is 3. The number of methoxy groups -OCH3 is 1. The standard InChI is InChI=1S/C24H25N3O4S/c1-31-23-10-3-2-9-22(23)25-19-11-13-20(14-12-19)26-24(28)18-7-6-8-21(17-18)32(29,30)27-15-4-5-16-27/h2-3,6-14,17,25H,4-5,15-16H2,1H3,(H,26,28). The van der Waals surface area contributed by atoms with Crippen LogP contribution >= 0.6 is 0 Å². The Balaban J connectivity index is 1.45. The molecule has 0 atom stereocenters. The molecule has 0 aliphatic carbocycles. The van der Waals surface area contributed by atoms with Crippen molar-refractivity contribution in [3.8, 4) is 5.75 Å². The largest absolute Gasteiger partial charge is 0.495 e.